The molecule has 0 atom stereocenters. The van der Waals surface area contributed by atoms with E-state index in [-0.39, 0.29) is 6.61 Å². The molecule has 0 fully saturated rings. The largest absolute Gasteiger partial charge is 0.392 e. The van der Waals surface area contributed by atoms with E-state index in [1.807, 2.05) is 0 Å². The van der Waals surface area contributed by atoms with Gasteiger partial charge in [-0.2, -0.15) is 0 Å². The second kappa shape index (κ2) is 3.75. The molecule has 0 bridgehead atoms. The standard InChI is InChI=1S/C12H14O/c13-9-12(10-5-1-2-6-10)11-7-3-4-8-11/h1-5,13H,6-9H2. The molecule has 1 N–H and O–H groups in total. The fourth-order valence-electron chi connectivity index (χ4n) is 1.89. The van der Waals surface area contributed by atoms with Crippen LogP contribution in [0.25, 0.3) is 0 Å². The van der Waals surface area contributed by atoms with E-state index < -0.39 is 0 Å². The topological polar surface area (TPSA) is 20.2 Å². The summed E-state index contributed by atoms with van der Waals surface area (Å²) in [6.45, 7) is 0.185. The van der Waals surface area contributed by atoms with Crippen LogP contribution in [0.5, 0.6) is 0 Å². The van der Waals surface area contributed by atoms with Gasteiger partial charge in [-0.05, 0) is 30.4 Å². The molecule has 0 aromatic rings. The van der Waals surface area contributed by atoms with Gasteiger partial charge in [0.15, 0.2) is 0 Å². The van der Waals surface area contributed by atoms with Crippen molar-refractivity contribution in [2.24, 2.45) is 0 Å². The highest BCUT2D eigenvalue weighted by molar-refractivity contribution is 5.44. The van der Waals surface area contributed by atoms with Crippen molar-refractivity contribution in [2.75, 3.05) is 6.61 Å². The molecule has 2 aliphatic rings. The van der Waals surface area contributed by atoms with E-state index in [1.165, 1.54) is 11.1 Å². The predicted molar refractivity (Wildman–Crippen MR) is 54.3 cm³/mol. The van der Waals surface area contributed by atoms with Crippen molar-refractivity contribution in [3.63, 3.8) is 0 Å². The first-order valence-electron chi connectivity index (χ1n) is 4.74. The Bertz CT molecular complexity index is 306. The zero-order valence-corrected chi connectivity index (χ0v) is 7.66. The minimum Gasteiger partial charge on any atom is -0.392 e. The van der Waals surface area contributed by atoms with E-state index in [0.717, 1.165) is 24.8 Å². The average molecular weight is 174 g/mol. The van der Waals surface area contributed by atoms with Crippen molar-refractivity contribution in [2.45, 2.75) is 19.3 Å². The highest BCUT2D eigenvalue weighted by Crippen LogP contribution is 2.28. The first kappa shape index (κ1) is 8.52. The number of aliphatic hydroxyl groups is 1. The molecule has 0 aliphatic heterocycles. The summed E-state index contributed by atoms with van der Waals surface area (Å²) in [5, 5.41) is 9.29. The lowest BCUT2D eigenvalue weighted by atomic mass is 9.98. The zero-order chi connectivity index (χ0) is 9.10. The van der Waals surface area contributed by atoms with Gasteiger partial charge in [-0.15, -0.1) is 0 Å². The Kier molecular flexibility index (Phi) is 2.46. The van der Waals surface area contributed by atoms with Crippen molar-refractivity contribution in [1.29, 1.82) is 0 Å². The van der Waals surface area contributed by atoms with E-state index in [1.54, 1.807) is 0 Å². The summed E-state index contributed by atoms with van der Waals surface area (Å²) in [4.78, 5) is 0. The molecule has 0 radical (unpaired) electrons. The van der Waals surface area contributed by atoms with Gasteiger partial charge in [-0.1, -0.05) is 36.0 Å². The van der Waals surface area contributed by atoms with Gasteiger partial charge in [0.1, 0.15) is 0 Å². The molecule has 0 heterocycles. The fourth-order valence-corrected chi connectivity index (χ4v) is 1.89. The van der Waals surface area contributed by atoms with Crippen LogP contribution in [0.3, 0.4) is 0 Å². The predicted octanol–water partition coefficient (Wildman–Crippen LogP) is 2.51. The van der Waals surface area contributed by atoms with Crippen LogP contribution in [-0.2, 0) is 0 Å². The summed E-state index contributed by atoms with van der Waals surface area (Å²) >= 11 is 0. The molecule has 68 valence electrons. The SMILES string of the molecule is OCC(C1=CC=CC1)=C1CC=CC1. The summed E-state index contributed by atoms with van der Waals surface area (Å²) in [5.74, 6) is 0. The molecule has 13 heavy (non-hydrogen) atoms. The Hall–Kier alpha value is -1.08. The maximum Gasteiger partial charge on any atom is 0.0684 e. The van der Waals surface area contributed by atoms with Crippen molar-refractivity contribution < 1.29 is 5.11 Å². The quantitative estimate of drug-likeness (QED) is 0.638. The van der Waals surface area contributed by atoms with Gasteiger partial charge in [0, 0.05) is 0 Å². The highest BCUT2D eigenvalue weighted by atomic mass is 16.3. The zero-order valence-electron chi connectivity index (χ0n) is 7.66. The molecule has 2 rings (SSSR count). The van der Waals surface area contributed by atoms with Crippen LogP contribution >= 0.6 is 0 Å². The number of aliphatic hydroxyl groups excluding tert-OH is 1. The Balaban J connectivity index is 2.22. The van der Waals surface area contributed by atoms with Crippen molar-refractivity contribution in [3.8, 4) is 0 Å². The third-order valence-electron chi connectivity index (χ3n) is 2.64. The van der Waals surface area contributed by atoms with Gasteiger partial charge in [-0.25, -0.2) is 0 Å². The Morgan fingerprint density at radius 1 is 1.15 bits per heavy atom. The number of hydrogen-bond donors (Lipinski definition) is 1. The summed E-state index contributed by atoms with van der Waals surface area (Å²) in [6.07, 6.45) is 13.7. The third-order valence-corrected chi connectivity index (χ3v) is 2.64. The van der Waals surface area contributed by atoms with E-state index >= 15 is 0 Å². The maximum absolute atomic E-state index is 9.29. The van der Waals surface area contributed by atoms with Crippen LogP contribution in [0.15, 0.2) is 47.1 Å². The van der Waals surface area contributed by atoms with Crippen molar-refractivity contribution in [3.05, 3.63) is 47.1 Å². The van der Waals surface area contributed by atoms with Gasteiger partial charge < -0.3 is 5.11 Å². The fraction of sp³-hybridized carbons (Fsp3) is 0.333. The molecule has 1 heteroatoms. The first-order valence-corrected chi connectivity index (χ1v) is 4.74. The van der Waals surface area contributed by atoms with Crippen molar-refractivity contribution >= 4 is 0 Å². The Morgan fingerprint density at radius 2 is 1.92 bits per heavy atom. The molecular formula is C12H14O. The lowest BCUT2D eigenvalue weighted by Gasteiger charge is -2.09. The number of rotatable bonds is 2. The monoisotopic (exact) mass is 174 g/mol. The summed E-state index contributed by atoms with van der Waals surface area (Å²) < 4.78 is 0. The molecule has 0 aromatic heterocycles. The Morgan fingerprint density at radius 3 is 2.46 bits per heavy atom. The van der Waals surface area contributed by atoms with Crippen LogP contribution in [0.1, 0.15) is 19.3 Å². The number of hydrogen-bond acceptors (Lipinski definition) is 1. The lowest BCUT2D eigenvalue weighted by Crippen LogP contribution is -1.97. The second-order valence-electron chi connectivity index (χ2n) is 3.44. The van der Waals surface area contributed by atoms with Crippen LogP contribution in [0.4, 0.5) is 0 Å². The van der Waals surface area contributed by atoms with E-state index in [2.05, 4.69) is 30.4 Å². The van der Waals surface area contributed by atoms with Crippen LogP contribution < -0.4 is 0 Å². The van der Waals surface area contributed by atoms with E-state index in [4.69, 9.17) is 0 Å². The van der Waals surface area contributed by atoms with E-state index in [9.17, 15) is 5.11 Å². The molecule has 1 nitrogen and oxygen atoms in total. The average Bonchev–Trinajstić information content (AvgIpc) is 2.76. The molecule has 0 aromatic carbocycles. The first-order chi connectivity index (χ1) is 6.42. The van der Waals surface area contributed by atoms with Gasteiger partial charge in [0.2, 0.25) is 0 Å². The Labute approximate surface area is 78.8 Å². The van der Waals surface area contributed by atoms with Gasteiger partial charge >= 0.3 is 0 Å². The summed E-state index contributed by atoms with van der Waals surface area (Å²) in [7, 11) is 0. The minimum atomic E-state index is 0.185. The van der Waals surface area contributed by atoms with Crippen LogP contribution in [0.2, 0.25) is 0 Å². The minimum absolute atomic E-state index is 0.185. The van der Waals surface area contributed by atoms with Gasteiger partial charge in [0.05, 0.1) is 6.61 Å². The summed E-state index contributed by atoms with van der Waals surface area (Å²) in [6, 6.07) is 0. The second-order valence-corrected chi connectivity index (χ2v) is 3.44. The summed E-state index contributed by atoms with van der Waals surface area (Å²) in [5.41, 5.74) is 3.84. The number of allylic oxidation sites excluding steroid dienone is 6. The molecule has 0 amide bonds. The molecule has 0 unspecified atom stereocenters. The van der Waals surface area contributed by atoms with Crippen LogP contribution in [-0.4, -0.2) is 11.7 Å². The molecule has 0 saturated carbocycles. The molecule has 0 spiro atoms. The van der Waals surface area contributed by atoms with Gasteiger partial charge in [0.25, 0.3) is 0 Å². The highest BCUT2D eigenvalue weighted by Gasteiger charge is 2.12. The maximum atomic E-state index is 9.29. The normalized spacial score (nSPS) is 19.8. The van der Waals surface area contributed by atoms with E-state index in [0.29, 0.717) is 0 Å². The molecule has 2 aliphatic carbocycles. The van der Waals surface area contributed by atoms with Gasteiger partial charge in [-0.3, -0.25) is 0 Å². The third kappa shape index (κ3) is 1.65. The smallest absolute Gasteiger partial charge is 0.0684 e. The van der Waals surface area contributed by atoms with Crippen LogP contribution in [0, 0.1) is 0 Å². The van der Waals surface area contributed by atoms with Crippen molar-refractivity contribution in [1.82, 2.24) is 0 Å². The molecule has 0 saturated heterocycles. The molecular weight excluding hydrogens is 160 g/mol. The lowest BCUT2D eigenvalue weighted by molar-refractivity contribution is 0.331.